The van der Waals surface area contributed by atoms with Crippen LogP contribution in [0.4, 0.5) is 0 Å². The van der Waals surface area contributed by atoms with Gasteiger partial charge in [-0.15, -0.1) is 11.3 Å². The lowest BCUT2D eigenvalue weighted by Crippen LogP contribution is -2.30. The number of hydrogen-bond donors (Lipinski definition) is 1. The molecule has 1 aliphatic heterocycles. The van der Waals surface area contributed by atoms with Crippen LogP contribution in [0.2, 0.25) is 0 Å². The van der Waals surface area contributed by atoms with E-state index in [1.54, 1.807) is 29.9 Å². The molecule has 0 aliphatic carbocycles. The highest BCUT2D eigenvalue weighted by atomic mass is 32.2. The molecule has 0 saturated carbocycles. The predicted molar refractivity (Wildman–Crippen MR) is 80.6 cm³/mol. The van der Waals surface area contributed by atoms with Crippen molar-refractivity contribution in [3.8, 4) is 10.7 Å². The SMILES string of the molecule is c1cnc(-c2nc(CCN[C@H]3CCSC3)cs2)cn1. The minimum absolute atomic E-state index is 0.697. The van der Waals surface area contributed by atoms with Crippen LogP contribution in [0.25, 0.3) is 10.7 Å². The van der Waals surface area contributed by atoms with Crippen molar-refractivity contribution in [2.24, 2.45) is 0 Å². The van der Waals surface area contributed by atoms with Gasteiger partial charge in [-0.3, -0.25) is 9.97 Å². The Morgan fingerprint density at radius 1 is 1.37 bits per heavy atom. The summed E-state index contributed by atoms with van der Waals surface area (Å²) >= 11 is 3.68. The molecule has 1 fully saturated rings. The van der Waals surface area contributed by atoms with E-state index in [9.17, 15) is 0 Å². The van der Waals surface area contributed by atoms with Crippen molar-refractivity contribution in [3.05, 3.63) is 29.7 Å². The number of aromatic nitrogens is 3. The molecule has 100 valence electrons. The fraction of sp³-hybridized carbons (Fsp3) is 0.462. The van der Waals surface area contributed by atoms with E-state index in [2.05, 4.69) is 25.6 Å². The third-order valence-corrected chi connectivity index (χ3v) is 5.15. The van der Waals surface area contributed by atoms with Gasteiger partial charge >= 0.3 is 0 Å². The Morgan fingerprint density at radius 3 is 3.16 bits per heavy atom. The number of thiazole rings is 1. The fourth-order valence-corrected chi connectivity index (χ4v) is 4.05. The highest BCUT2D eigenvalue weighted by Crippen LogP contribution is 2.21. The van der Waals surface area contributed by atoms with Gasteiger partial charge < -0.3 is 5.32 Å². The largest absolute Gasteiger partial charge is 0.313 e. The first-order valence-electron chi connectivity index (χ1n) is 6.44. The molecule has 6 heteroatoms. The van der Waals surface area contributed by atoms with Gasteiger partial charge in [0.05, 0.1) is 11.9 Å². The van der Waals surface area contributed by atoms with Crippen LogP contribution < -0.4 is 5.32 Å². The van der Waals surface area contributed by atoms with Gasteiger partial charge in [0.15, 0.2) is 0 Å². The molecule has 1 aliphatic rings. The number of thioether (sulfide) groups is 1. The maximum absolute atomic E-state index is 4.62. The van der Waals surface area contributed by atoms with Crippen LogP contribution in [0, 0.1) is 0 Å². The smallest absolute Gasteiger partial charge is 0.143 e. The van der Waals surface area contributed by atoms with Crippen molar-refractivity contribution in [2.45, 2.75) is 18.9 Å². The number of rotatable bonds is 5. The molecule has 19 heavy (non-hydrogen) atoms. The van der Waals surface area contributed by atoms with E-state index < -0.39 is 0 Å². The molecule has 1 saturated heterocycles. The third-order valence-electron chi connectivity index (χ3n) is 3.08. The summed E-state index contributed by atoms with van der Waals surface area (Å²) in [6.07, 6.45) is 7.43. The zero-order valence-corrected chi connectivity index (χ0v) is 12.2. The van der Waals surface area contributed by atoms with Gasteiger partial charge in [-0.2, -0.15) is 11.8 Å². The molecule has 3 heterocycles. The molecular formula is C13H16N4S2. The topological polar surface area (TPSA) is 50.7 Å². The molecule has 3 rings (SSSR count). The Labute approximate surface area is 121 Å². The lowest BCUT2D eigenvalue weighted by Gasteiger charge is -2.09. The summed E-state index contributed by atoms with van der Waals surface area (Å²) in [6, 6.07) is 0.697. The Morgan fingerprint density at radius 2 is 2.37 bits per heavy atom. The Balaban J connectivity index is 1.53. The molecule has 0 amide bonds. The van der Waals surface area contributed by atoms with Gasteiger partial charge in [0.2, 0.25) is 0 Å². The first-order chi connectivity index (χ1) is 9.42. The van der Waals surface area contributed by atoms with E-state index >= 15 is 0 Å². The van der Waals surface area contributed by atoms with Gasteiger partial charge in [0.1, 0.15) is 10.7 Å². The molecule has 0 spiro atoms. The lowest BCUT2D eigenvalue weighted by molar-refractivity contribution is 0.558. The standard InChI is InChI=1S/C13H16N4S2/c1(3-15-10-2-6-18-8-10)11-9-19-13(17-11)12-7-14-4-5-16-12/h4-5,7,9-10,15H,1-3,6,8H2/t10-/m0/s1. The Kier molecular flexibility index (Phi) is 4.42. The van der Waals surface area contributed by atoms with Crippen LogP contribution in [0.15, 0.2) is 24.0 Å². The van der Waals surface area contributed by atoms with E-state index in [-0.39, 0.29) is 0 Å². The van der Waals surface area contributed by atoms with Gasteiger partial charge in [-0.05, 0) is 12.2 Å². The second kappa shape index (κ2) is 6.45. The van der Waals surface area contributed by atoms with Crippen molar-refractivity contribution in [3.63, 3.8) is 0 Å². The second-order valence-electron chi connectivity index (χ2n) is 4.50. The maximum atomic E-state index is 4.62. The molecule has 1 atom stereocenters. The molecule has 1 N–H and O–H groups in total. The van der Waals surface area contributed by atoms with Crippen LogP contribution in [0.3, 0.4) is 0 Å². The second-order valence-corrected chi connectivity index (χ2v) is 6.51. The molecule has 0 bridgehead atoms. The van der Waals surface area contributed by atoms with E-state index in [1.165, 1.54) is 17.9 Å². The molecule has 2 aromatic rings. The quantitative estimate of drug-likeness (QED) is 0.916. The molecule has 0 aromatic carbocycles. The predicted octanol–water partition coefficient (Wildman–Crippen LogP) is 2.24. The summed E-state index contributed by atoms with van der Waals surface area (Å²) in [5.41, 5.74) is 2.00. The fourth-order valence-electron chi connectivity index (χ4n) is 2.05. The third kappa shape index (κ3) is 3.52. The van der Waals surface area contributed by atoms with Crippen molar-refractivity contribution < 1.29 is 0 Å². The summed E-state index contributed by atoms with van der Waals surface area (Å²) in [6.45, 7) is 1.01. The summed E-state index contributed by atoms with van der Waals surface area (Å²) in [4.78, 5) is 13.0. The van der Waals surface area contributed by atoms with Crippen LogP contribution in [0.5, 0.6) is 0 Å². The number of nitrogens with zero attached hydrogens (tertiary/aromatic N) is 3. The normalized spacial score (nSPS) is 18.8. The van der Waals surface area contributed by atoms with Gasteiger partial charge in [0, 0.05) is 42.5 Å². The first-order valence-corrected chi connectivity index (χ1v) is 8.47. The van der Waals surface area contributed by atoms with Gasteiger partial charge in [-0.25, -0.2) is 4.98 Å². The summed E-state index contributed by atoms with van der Waals surface area (Å²) in [7, 11) is 0. The highest BCUT2D eigenvalue weighted by molar-refractivity contribution is 7.99. The minimum atomic E-state index is 0.697. The van der Waals surface area contributed by atoms with Crippen LogP contribution in [0.1, 0.15) is 12.1 Å². The van der Waals surface area contributed by atoms with E-state index in [4.69, 9.17) is 0 Å². The molecule has 4 nitrogen and oxygen atoms in total. The van der Waals surface area contributed by atoms with E-state index in [0.717, 1.165) is 29.4 Å². The van der Waals surface area contributed by atoms with Crippen LogP contribution in [-0.4, -0.2) is 39.0 Å². The van der Waals surface area contributed by atoms with Gasteiger partial charge in [0.25, 0.3) is 0 Å². The average Bonchev–Trinajstić information content (AvgIpc) is 3.11. The molecule has 0 radical (unpaired) electrons. The number of nitrogens with one attached hydrogen (secondary N) is 1. The summed E-state index contributed by atoms with van der Waals surface area (Å²) in [5.74, 6) is 2.55. The number of hydrogen-bond acceptors (Lipinski definition) is 6. The van der Waals surface area contributed by atoms with Gasteiger partial charge in [-0.1, -0.05) is 0 Å². The monoisotopic (exact) mass is 292 g/mol. The minimum Gasteiger partial charge on any atom is -0.313 e. The van der Waals surface area contributed by atoms with Crippen LogP contribution in [-0.2, 0) is 6.42 Å². The molecular weight excluding hydrogens is 276 g/mol. The maximum Gasteiger partial charge on any atom is 0.143 e. The van der Waals surface area contributed by atoms with Crippen molar-refractivity contribution in [1.82, 2.24) is 20.3 Å². The lowest BCUT2D eigenvalue weighted by atomic mass is 10.2. The molecule has 0 unspecified atom stereocenters. The van der Waals surface area contributed by atoms with Crippen molar-refractivity contribution in [2.75, 3.05) is 18.1 Å². The first kappa shape index (κ1) is 13.0. The zero-order valence-electron chi connectivity index (χ0n) is 10.6. The highest BCUT2D eigenvalue weighted by Gasteiger charge is 2.14. The average molecular weight is 292 g/mol. The Bertz CT molecular complexity index is 508. The Hall–Kier alpha value is -0.980. The van der Waals surface area contributed by atoms with E-state index in [0.29, 0.717) is 6.04 Å². The van der Waals surface area contributed by atoms with E-state index in [1.807, 2.05) is 11.8 Å². The van der Waals surface area contributed by atoms with Crippen molar-refractivity contribution >= 4 is 23.1 Å². The van der Waals surface area contributed by atoms with Crippen LogP contribution >= 0.6 is 23.1 Å². The summed E-state index contributed by atoms with van der Waals surface area (Å²) in [5, 5.41) is 6.67. The van der Waals surface area contributed by atoms with Crippen molar-refractivity contribution in [1.29, 1.82) is 0 Å². The summed E-state index contributed by atoms with van der Waals surface area (Å²) < 4.78 is 0. The zero-order chi connectivity index (χ0) is 12.9. The molecule has 2 aromatic heterocycles.